The normalized spacial score (nSPS) is 10.9. The second-order valence-electron chi connectivity index (χ2n) is 6.10. The van der Waals surface area contributed by atoms with E-state index in [2.05, 4.69) is 4.98 Å². The highest BCUT2D eigenvalue weighted by atomic mass is 19.4. The quantitative estimate of drug-likeness (QED) is 0.588. The summed E-state index contributed by atoms with van der Waals surface area (Å²) in [5, 5.41) is 17.8. The highest BCUT2D eigenvalue weighted by Crippen LogP contribution is 2.33. The number of hydrogen-bond acceptors (Lipinski definition) is 5. The molecule has 0 atom stereocenters. The molecule has 0 fully saturated rings. The Morgan fingerprint density at radius 1 is 1.03 bits per heavy atom. The van der Waals surface area contributed by atoms with Crippen molar-refractivity contribution in [3.05, 3.63) is 52.2 Å². The Balaban J connectivity index is 0.000000396. The summed E-state index contributed by atoms with van der Waals surface area (Å²) < 4.78 is 42.2. The molecular formula is C20H18F3NO6. The summed E-state index contributed by atoms with van der Waals surface area (Å²) in [5.41, 5.74) is 2.34. The van der Waals surface area contributed by atoms with Crippen LogP contribution in [0.25, 0.3) is 22.2 Å². The first-order valence-electron chi connectivity index (χ1n) is 8.37. The highest BCUT2D eigenvalue weighted by molar-refractivity contribution is 5.87. The lowest BCUT2D eigenvalue weighted by atomic mass is 10.1. The molecule has 0 radical (unpaired) electrons. The van der Waals surface area contributed by atoms with Crippen molar-refractivity contribution in [2.24, 2.45) is 0 Å². The van der Waals surface area contributed by atoms with Crippen molar-refractivity contribution >= 4 is 16.9 Å². The molecule has 10 heteroatoms. The Kier molecular flexibility index (Phi) is 6.60. The molecule has 160 valence electrons. The van der Waals surface area contributed by atoms with Gasteiger partial charge in [0.2, 0.25) is 5.43 Å². The van der Waals surface area contributed by atoms with Gasteiger partial charge < -0.3 is 24.7 Å². The van der Waals surface area contributed by atoms with Crippen LogP contribution in [-0.4, -0.2) is 41.6 Å². The topological polar surface area (TPSA) is 109 Å². The molecule has 2 aromatic carbocycles. The molecule has 3 rings (SSSR count). The van der Waals surface area contributed by atoms with Crippen LogP contribution in [0.15, 0.2) is 41.2 Å². The summed E-state index contributed by atoms with van der Waals surface area (Å²) >= 11 is 0. The number of ether oxygens (including phenoxy) is 2. The van der Waals surface area contributed by atoms with E-state index in [1.54, 1.807) is 12.1 Å². The standard InChI is InChI=1S/C18H17NO4.C2HF3O2/c1-10-4-6-11(7-5-10)16-18(21)17(20)12-8-14(22-2)15(23-3)9-13(12)19-16;3-2(4,5)1(6)7/h4-9,21H,1-3H3,(H,19,20);(H,6,7). The van der Waals surface area contributed by atoms with Crippen LogP contribution in [0.2, 0.25) is 0 Å². The van der Waals surface area contributed by atoms with Gasteiger partial charge in [0.05, 0.1) is 30.8 Å². The third kappa shape index (κ3) is 4.83. The number of fused-ring (bicyclic) bond motifs is 1. The number of rotatable bonds is 3. The van der Waals surface area contributed by atoms with E-state index in [1.165, 1.54) is 14.2 Å². The van der Waals surface area contributed by atoms with Crippen molar-refractivity contribution in [3.63, 3.8) is 0 Å². The Labute approximate surface area is 168 Å². The fraction of sp³-hybridized carbons (Fsp3) is 0.200. The molecule has 1 heterocycles. The number of benzene rings is 2. The number of carboxylic acids is 1. The number of methoxy groups -OCH3 is 2. The zero-order valence-corrected chi connectivity index (χ0v) is 16.1. The number of aromatic hydroxyl groups is 1. The van der Waals surface area contributed by atoms with Crippen molar-refractivity contribution in [2.45, 2.75) is 13.1 Å². The average molecular weight is 425 g/mol. The van der Waals surface area contributed by atoms with Crippen molar-refractivity contribution in [3.8, 4) is 28.5 Å². The number of H-pyrrole nitrogens is 1. The molecule has 0 unspecified atom stereocenters. The van der Waals surface area contributed by atoms with E-state index in [9.17, 15) is 23.1 Å². The van der Waals surface area contributed by atoms with E-state index in [0.717, 1.165) is 11.1 Å². The molecule has 0 aliphatic rings. The van der Waals surface area contributed by atoms with Crippen LogP contribution < -0.4 is 14.9 Å². The molecule has 30 heavy (non-hydrogen) atoms. The predicted molar refractivity (Wildman–Crippen MR) is 103 cm³/mol. The maximum absolute atomic E-state index is 12.5. The molecular weight excluding hydrogens is 407 g/mol. The van der Waals surface area contributed by atoms with Gasteiger partial charge >= 0.3 is 12.1 Å². The van der Waals surface area contributed by atoms with Gasteiger partial charge in [0, 0.05) is 11.6 Å². The van der Waals surface area contributed by atoms with Gasteiger partial charge in [-0.05, 0) is 13.0 Å². The van der Waals surface area contributed by atoms with E-state index in [4.69, 9.17) is 19.4 Å². The Morgan fingerprint density at radius 3 is 2.00 bits per heavy atom. The number of carboxylic acid groups (broad SMARTS) is 1. The molecule has 3 N–H and O–H groups in total. The average Bonchev–Trinajstić information content (AvgIpc) is 2.70. The van der Waals surface area contributed by atoms with Crippen LogP contribution >= 0.6 is 0 Å². The Bertz CT molecular complexity index is 1120. The molecule has 0 amide bonds. The Hall–Kier alpha value is -3.69. The van der Waals surface area contributed by atoms with Crippen molar-refractivity contribution in [1.29, 1.82) is 0 Å². The first kappa shape index (κ1) is 22.6. The summed E-state index contributed by atoms with van der Waals surface area (Å²) in [7, 11) is 3.03. The van der Waals surface area contributed by atoms with Gasteiger partial charge in [0.25, 0.3) is 0 Å². The smallest absolute Gasteiger partial charge is 0.490 e. The van der Waals surface area contributed by atoms with Gasteiger partial charge in [-0.15, -0.1) is 0 Å². The largest absolute Gasteiger partial charge is 0.503 e. The molecule has 1 aromatic heterocycles. The van der Waals surface area contributed by atoms with Gasteiger partial charge in [-0.25, -0.2) is 4.79 Å². The molecule has 0 aliphatic heterocycles. The summed E-state index contributed by atoms with van der Waals surface area (Å²) in [4.78, 5) is 24.5. The van der Waals surface area contributed by atoms with Crippen LogP contribution in [-0.2, 0) is 4.79 Å². The number of aryl methyl sites for hydroxylation is 1. The first-order valence-corrected chi connectivity index (χ1v) is 8.37. The fourth-order valence-corrected chi connectivity index (χ4v) is 2.53. The number of pyridine rings is 1. The lowest BCUT2D eigenvalue weighted by Gasteiger charge is -2.11. The predicted octanol–water partition coefficient (Wildman–Crippen LogP) is 3.86. The molecule has 0 saturated carbocycles. The summed E-state index contributed by atoms with van der Waals surface area (Å²) in [6.07, 6.45) is -5.08. The highest BCUT2D eigenvalue weighted by Gasteiger charge is 2.38. The van der Waals surface area contributed by atoms with E-state index in [0.29, 0.717) is 28.1 Å². The van der Waals surface area contributed by atoms with Crippen LogP contribution in [0.4, 0.5) is 13.2 Å². The van der Waals surface area contributed by atoms with Gasteiger partial charge in [-0.3, -0.25) is 4.79 Å². The summed E-state index contributed by atoms with van der Waals surface area (Å²) in [6, 6.07) is 10.8. The maximum Gasteiger partial charge on any atom is 0.490 e. The van der Waals surface area contributed by atoms with Crippen LogP contribution in [0.1, 0.15) is 5.56 Å². The van der Waals surface area contributed by atoms with E-state index in [-0.39, 0.29) is 5.75 Å². The van der Waals surface area contributed by atoms with Crippen LogP contribution in [0.3, 0.4) is 0 Å². The number of aliphatic carboxylic acids is 1. The number of alkyl halides is 3. The number of carbonyl (C=O) groups is 1. The zero-order chi connectivity index (χ0) is 22.6. The summed E-state index contributed by atoms with van der Waals surface area (Å²) in [6.45, 7) is 1.98. The molecule has 0 bridgehead atoms. The molecule has 0 spiro atoms. The van der Waals surface area contributed by atoms with E-state index in [1.807, 2.05) is 31.2 Å². The van der Waals surface area contributed by atoms with Crippen molar-refractivity contribution < 1.29 is 37.7 Å². The summed E-state index contributed by atoms with van der Waals surface area (Å²) in [5.74, 6) is -2.12. The minimum Gasteiger partial charge on any atom is -0.503 e. The van der Waals surface area contributed by atoms with Crippen LogP contribution in [0.5, 0.6) is 17.2 Å². The van der Waals surface area contributed by atoms with Crippen LogP contribution in [0, 0.1) is 6.92 Å². The molecule has 7 nitrogen and oxygen atoms in total. The SMILES string of the molecule is COc1cc2[nH]c(-c3ccc(C)cc3)c(O)c(=O)c2cc1OC.O=C(O)C(F)(F)F. The molecule has 0 saturated heterocycles. The first-order chi connectivity index (χ1) is 14.0. The van der Waals surface area contributed by atoms with E-state index >= 15 is 0 Å². The lowest BCUT2D eigenvalue weighted by molar-refractivity contribution is -0.192. The molecule has 3 aromatic rings. The van der Waals surface area contributed by atoms with Gasteiger partial charge in [0.1, 0.15) is 0 Å². The fourth-order valence-electron chi connectivity index (χ4n) is 2.53. The maximum atomic E-state index is 12.5. The third-order valence-electron chi connectivity index (χ3n) is 4.06. The molecule has 0 aliphatic carbocycles. The number of aromatic amines is 1. The zero-order valence-electron chi connectivity index (χ0n) is 16.1. The minimum absolute atomic E-state index is 0.312. The van der Waals surface area contributed by atoms with Gasteiger partial charge in [0.15, 0.2) is 17.2 Å². The third-order valence-corrected chi connectivity index (χ3v) is 4.06. The second kappa shape index (κ2) is 8.76. The number of aromatic nitrogens is 1. The van der Waals surface area contributed by atoms with Gasteiger partial charge in [-0.1, -0.05) is 29.8 Å². The second-order valence-corrected chi connectivity index (χ2v) is 6.10. The Morgan fingerprint density at radius 2 is 1.53 bits per heavy atom. The number of nitrogens with one attached hydrogen (secondary N) is 1. The van der Waals surface area contributed by atoms with Crippen molar-refractivity contribution in [1.82, 2.24) is 4.98 Å². The van der Waals surface area contributed by atoms with E-state index < -0.39 is 17.6 Å². The monoisotopic (exact) mass is 425 g/mol. The van der Waals surface area contributed by atoms with Crippen molar-refractivity contribution in [2.75, 3.05) is 14.2 Å². The number of halogens is 3. The minimum atomic E-state index is -5.08. The lowest BCUT2D eigenvalue weighted by Crippen LogP contribution is -2.21. The van der Waals surface area contributed by atoms with Gasteiger partial charge in [-0.2, -0.15) is 13.2 Å². The number of hydrogen-bond donors (Lipinski definition) is 3.